The van der Waals surface area contributed by atoms with Crippen LogP contribution in [0.2, 0.25) is 0 Å². The molecule has 1 unspecified atom stereocenters. The van der Waals surface area contributed by atoms with Gasteiger partial charge < -0.3 is 15.2 Å². The standard InChI is InChI=1S/C12H12BrF2NO2/c1-18-10-4-2-8(3-5-10)9-6-11(17,16-7-9)12(13,14)15/h2-5,7,16-17H,6H2,1H3. The average Bonchev–Trinajstić information content (AvgIpc) is 2.73. The van der Waals surface area contributed by atoms with Crippen molar-refractivity contribution in [2.45, 2.75) is 17.0 Å². The van der Waals surface area contributed by atoms with Gasteiger partial charge in [0.2, 0.25) is 5.72 Å². The van der Waals surface area contributed by atoms with Gasteiger partial charge in [0.25, 0.3) is 0 Å². The van der Waals surface area contributed by atoms with E-state index >= 15 is 0 Å². The van der Waals surface area contributed by atoms with Gasteiger partial charge in [0.1, 0.15) is 5.75 Å². The Morgan fingerprint density at radius 3 is 2.44 bits per heavy atom. The largest absolute Gasteiger partial charge is 0.497 e. The normalized spacial score (nSPS) is 23.5. The lowest BCUT2D eigenvalue weighted by atomic mass is 10.0. The molecule has 0 aliphatic carbocycles. The molecule has 98 valence electrons. The van der Waals surface area contributed by atoms with Gasteiger partial charge in [-0.05, 0) is 39.2 Å². The summed E-state index contributed by atoms with van der Waals surface area (Å²) in [5.41, 5.74) is -0.919. The fraction of sp³-hybridized carbons (Fsp3) is 0.333. The Labute approximate surface area is 112 Å². The highest BCUT2D eigenvalue weighted by Gasteiger charge is 2.53. The van der Waals surface area contributed by atoms with E-state index in [4.69, 9.17) is 4.74 Å². The van der Waals surface area contributed by atoms with E-state index in [1.54, 1.807) is 31.4 Å². The molecule has 1 aliphatic heterocycles. The lowest BCUT2D eigenvalue weighted by molar-refractivity contribution is -0.121. The summed E-state index contributed by atoms with van der Waals surface area (Å²) < 4.78 is 31.4. The van der Waals surface area contributed by atoms with Crippen molar-refractivity contribution in [3.8, 4) is 5.75 Å². The number of hydrogen-bond donors (Lipinski definition) is 2. The van der Waals surface area contributed by atoms with Crippen LogP contribution >= 0.6 is 15.9 Å². The molecule has 3 nitrogen and oxygen atoms in total. The highest BCUT2D eigenvalue weighted by Crippen LogP contribution is 2.42. The van der Waals surface area contributed by atoms with E-state index < -0.39 is 10.6 Å². The van der Waals surface area contributed by atoms with Crippen LogP contribution in [0.25, 0.3) is 5.57 Å². The zero-order valence-corrected chi connectivity index (χ0v) is 11.2. The summed E-state index contributed by atoms with van der Waals surface area (Å²) in [6, 6.07) is 6.98. The summed E-state index contributed by atoms with van der Waals surface area (Å²) >= 11 is 2.19. The second-order valence-corrected chi connectivity index (χ2v) is 5.07. The molecule has 0 amide bonds. The Hall–Kier alpha value is -1.14. The van der Waals surface area contributed by atoms with E-state index in [9.17, 15) is 13.9 Å². The Morgan fingerprint density at radius 2 is 2.00 bits per heavy atom. The number of hydrogen-bond acceptors (Lipinski definition) is 3. The Kier molecular flexibility index (Phi) is 3.33. The molecule has 2 N–H and O–H groups in total. The molecule has 0 saturated heterocycles. The molecular formula is C12H12BrF2NO2. The fourth-order valence-electron chi connectivity index (χ4n) is 1.76. The van der Waals surface area contributed by atoms with E-state index in [0.29, 0.717) is 11.3 Å². The Bertz CT molecular complexity index is 470. The van der Waals surface area contributed by atoms with Gasteiger partial charge in [-0.2, -0.15) is 8.78 Å². The van der Waals surface area contributed by atoms with Crippen molar-refractivity contribution in [2.24, 2.45) is 0 Å². The van der Waals surface area contributed by atoms with E-state index in [1.807, 2.05) is 0 Å². The second kappa shape index (κ2) is 4.51. The molecule has 0 radical (unpaired) electrons. The van der Waals surface area contributed by atoms with Crippen LogP contribution in [-0.2, 0) is 0 Å². The molecule has 0 spiro atoms. The number of rotatable bonds is 3. The number of benzene rings is 1. The van der Waals surface area contributed by atoms with Crippen molar-refractivity contribution in [2.75, 3.05) is 7.11 Å². The number of ether oxygens (including phenoxy) is 1. The Morgan fingerprint density at radius 1 is 1.39 bits per heavy atom. The highest BCUT2D eigenvalue weighted by atomic mass is 79.9. The van der Waals surface area contributed by atoms with Gasteiger partial charge in [-0.15, -0.1) is 0 Å². The second-order valence-electron chi connectivity index (χ2n) is 4.08. The first-order chi connectivity index (χ1) is 8.36. The highest BCUT2D eigenvalue weighted by molar-refractivity contribution is 9.10. The molecule has 0 fully saturated rings. The maximum Gasteiger partial charge on any atom is 0.347 e. The predicted octanol–water partition coefficient (Wildman–Crippen LogP) is 2.71. The van der Waals surface area contributed by atoms with Crippen LogP contribution in [0.1, 0.15) is 12.0 Å². The SMILES string of the molecule is COc1ccc(C2=CNC(O)(C(F)(F)Br)C2)cc1. The smallest absolute Gasteiger partial charge is 0.347 e. The molecule has 0 bridgehead atoms. The number of aliphatic hydroxyl groups is 1. The zero-order valence-electron chi connectivity index (χ0n) is 9.58. The third kappa shape index (κ3) is 2.35. The van der Waals surface area contributed by atoms with E-state index in [0.717, 1.165) is 5.56 Å². The van der Waals surface area contributed by atoms with Crippen LogP contribution in [0.15, 0.2) is 30.5 Å². The van der Waals surface area contributed by atoms with Crippen molar-refractivity contribution < 1.29 is 18.6 Å². The van der Waals surface area contributed by atoms with Gasteiger partial charge in [-0.25, -0.2) is 0 Å². The van der Waals surface area contributed by atoms with Crippen molar-refractivity contribution in [3.05, 3.63) is 36.0 Å². The first-order valence-electron chi connectivity index (χ1n) is 5.26. The van der Waals surface area contributed by atoms with Crippen LogP contribution in [0, 0.1) is 0 Å². The minimum absolute atomic E-state index is 0.183. The van der Waals surface area contributed by atoms with Gasteiger partial charge in [0.05, 0.1) is 7.11 Å². The summed E-state index contributed by atoms with van der Waals surface area (Å²) in [5.74, 6) is 0.686. The molecule has 0 saturated carbocycles. The van der Waals surface area contributed by atoms with Crippen molar-refractivity contribution in [1.82, 2.24) is 5.32 Å². The summed E-state index contributed by atoms with van der Waals surface area (Å²) in [5, 5.41) is 12.1. The quantitative estimate of drug-likeness (QED) is 0.842. The lowest BCUT2D eigenvalue weighted by Gasteiger charge is -2.28. The van der Waals surface area contributed by atoms with Crippen LogP contribution in [0.3, 0.4) is 0 Å². The summed E-state index contributed by atoms with van der Waals surface area (Å²) in [6.07, 6.45) is 1.22. The van der Waals surface area contributed by atoms with Gasteiger partial charge in [0.15, 0.2) is 0 Å². The van der Waals surface area contributed by atoms with Crippen LogP contribution < -0.4 is 10.1 Å². The molecule has 1 aromatic rings. The maximum absolute atomic E-state index is 13.2. The number of halogens is 3. The van der Waals surface area contributed by atoms with Crippen molar-refractivity contribution in [3.63, 3.8) is 0 Å². The van der Waals surface area contributed by atoms with Crippen LogP contribution in [0.4, 0.5) is 8.78 Å². The average molecular weight is 320 g/mol. The monoisotopic (exact) mass is 319 g/mol. The minimum atomic E-state index is -3.40. The van der Waals surface area contributed by atoms with E-state index in [2.05, 4.69) is 21.2 Å². The third-order valence-corrected chi connectivity index (χ3v) is 3.52. The number of nitrogens with one attached hydrogen (secondary N) is 1. The molecule has 0 aromatic heterocycles. The van der Waals surface area contributed by atoms with Gasteiger partial charge >= 0.3 is 4.83 Å². The zero-order chi connectivity index (χ0) is 13.4. The predicted molar refractivity (Wildman–Crippen MR) is 67.5 cm³/mol. The van der Waals surface area contributed by atoms with Crippen LogP contribution in [0.5, 0.6) is 5.75 Å². The van der Waals surface area contributed by atoms with Crippen LogP contribution in [-0.4, -0.2) is 22.8 Å². The first-order valence-corrected chi connectivity index (χ1v) is 6.05. The summed E-state index contributed by atoms with van der Waals surface area (Å²) in [7, 11) is 1.55. The van der Waals surface area contributed by atoms with Gasteiger partial charge in [-0.1, -0.05) is 12.1 Å². The number of alkyl halides is 3. The molecule has 18 heavy (non-hydrogen) atoms. The fourth-order valence-corrected chi connectivity index (χ4v) is 2.01. The minimum Gasteiger partial charge on any atom is -0.497 e. The lowest BCUT2D eigenvalue weighted by Crippen LogP contribution is -2.51. The van der Waals surface area contributed by atoms with Gasteiger partial charge in [0, 0.05) is 12.6 Å². The van der Waals surface area contributed by atoms with E-state index in [1.165, 1.54) is 6.20 Å². The summed E-state index contributed by atoms with van der Waals surface area (Å²) in [6.45, 7) is 0. The molecule has 2 rings (SSSR count). The topological polar surface area (TPSA) is 41.5 Å². The molecule has 1 aliphatic rings. The summed E-state index contributed by atoms with van der Waals surface area (Å²) in [4.78, 5) is -3.40. The Balaban J connectivity index is 2.17. The number of methoxy groups -OCH3 is 1. The van der Waals surface area contributed by atoms with E-state index in [-0.39, 0.29) is 6.42 Å². The molecular weight excluding hydrogens is 308 g/mol. The third-order valence-electron chi connectivity index (χ3n) is 2.86. The molecule has 1 aromatic carbocycles. The first kappa shape index (κ1) is 13.3. The molecule has 1 atom stereocenters. The maximum atomic E-state index is 13.2. The van der Waals surface area contributed by atoms with Crippen molar-refractivity contribution in [1.29, 1.82) is 0 Å². The molecule has 6 heteroatoms. The van der Waals surface area contributed by atoms with Gasteiger partial charge in [-0.3, -0.25) is 0 Å². The van der Waals surface area contributed by atoms with Crippen molar-refractivity contribution >= 4 is 21.5 Å². The molecule has 1 heterocycles.